The molecule has 0 amide bonds. The van der Waals surface area contributed by atoms with Crippen molar-refractivity contribution in [3.05, 3.63) is 54.0 Å². The molecule has 1 aromatic carbocycles. The lowest BCUT2D eigenvalue weighted by Gasteiger charge is -2.14. The number of halogens is 3. The van der Waals surface area contributed by atoms with E-state index in [1.54, 1.807) is 0 Å². The lowest BCUT2D eigenvalue weighted by atomic mass is 10.1. The molecule has 1 aliphatic carbocycles. The summed E-state index contributed by atoms with van der Waals surface area (Å²) >= 11 is 0. The van der Waals surface area contributed by atoms with Gasteiger partial charge in [0.25, 0.3) is 0 Å². The molecule has 4 N–H and O–H groups in total. The van der Waals surface area contributed by atoms with Crippen molar-refractivity contribution in [1.82, 2.24) is 14.5 Å². The number of rotatable bonds is 7. The molecule has 4 rings (SSSR count). The Hall–Kier alpha value is -2.74. The molecule has 3 atom stereocenters. The monoisotopic (exact) mass is 485 g/mol. The van der Waals surface area contributed by atoms with Crippen LogP contribution in [-0.2, 0) is 27.2 Å². The molecule has 0 aliphatic heterocycles. The molecule has 1 saturated carbocycles. The number of aliphatic hydroxyl groups is 1. The third-order valence-electron chi connectivity index (χ3n) is 5.72. The highest BCUT2D eigenvalue weighted by Gasteiger charge is 2.35. The smallest absolute Gasteiger partial charge is 0.393 e. The van der Waals surface area contributed by atoms with Crippen LogP contribution in [0.1, 0.15) is 30.0 Å². The first kappa shape index (κ1) is 23.4. The predicted octanol–water partition coefficient (Wildman–Crippen LogP) is 2.59. The third kappa shape index (κ3) is 5.43. The Morgan fingerprint density at radius 2 is 1.91 bits per heavy atom. The van der Waals surface area contributed by atoms with Crippen molar-refractivity contribution in [3.63, 3.8) is 0 Å². The zero-order chi connectivity index (χ0) is 23.8. The Balaban J connectivity index is 1.47. The van der Waals surface area contributed by atoms with Gasteiger partial charge in [-0.1, -0.05) is 12.1 Å². The SMILES string of the molecule is NS(=O)(=O)OC[C@@H]1C[C@@H](n2ccc3c(NCc4ccc(C(F)(F)F)cc4)ncnc32)C[C@@H]1O. The second kappa shape index (κ2) is 8.89. The van der Waals surface area contributed by atoms with E-state index in [0.29, 0.717) is 35.3 Å². The number of nitrogens with zero attached hydrogens (tertiary/aromatic N) is 3. The molecule has 13 heteroatoms. The first-order valence-corrected chi connectivity index (χ1v) is 11.5. The van der Waals surface area contributed by atoms with Crippen LogP contribution in [0.3, 0.4) is 0 Å². The van der Waals surface area contributed by atoms with Crippen LogP contribution in [0.5, 0.6) is 0 Å². The summed E-state index contributed by atoms with van der Waals surface area (Å²) in [5.41, 5.74) is 0.565. The van der Waals surface area contributed by atoms with Gasteiger partial charge in [-0.25, -0.2) is 15.1 Å². The summed E-state index contributed by atoms with van der Waals surface area (Å²) in [6, 6.07) is 6.55. The number of fused-ring (bicyclic) bond motifs is 1. The minimum atomic E-state index is -4.38. The van der Waals surface area contributed by atoms with Crippen LogP contribution in [0, 0.1) is 5.92 Å². The van der Waals surface area contributed by atoms with Gasteiger partial charge in [0, 0.05) is 24.7 Å². The van der Waals surface area contributed by atoms with Gasteiger partial charge in [-0.3, -0.25) is 4.18 Å². The van der Waals surface area contributed by atoms with Gasteiger partial charge in [0.2, 0.25) is 0 Å². The van der Waals surface area contributed by atoms with E-state index in [-0.39, 0.29) is 19.2 Å². The van der Waals surface area contributed by atoms with Crippen LogP contribution in [-0.4, -0.2) is 40.8 Å². The first-order valence-electron chi connectivity index (χ1n) is 10.1. The van der Waals surface area contributed by atoms with Gasteiger partial charge < -0.3 is 15.0 Å². The minimum absolute atomic E-state index is 0.135. The number of alkyl halides is 3. The van der Waals surface area contributed by atoms with Gasteiger partial charge in [0.15, 0.2) is 0 Å². The second-order valence-corrected chi connectivity index (χ2v) is 9.18. The van der Waals surface area contributed by atoms with E-state index >= 15 is 0 Å². The summed E-state index contributed by atoms with van der Waals surface area (Å²) in [5, 5.41) is 19.0. The maximum Gasteiger partial charge on any atom is 0.416 e. The van der Waals surface area contributed by atoms with Crippen molar-refractivity contribution in [2.75, 3.05) is 11.9 Å². The van der Waals surface area contributed by atoms with E-state index in [1.165, 1.54) is 18.5 Å². The Labute approximate surface area is 187 Å². The number of benzene rings is 1. The largest absolute Gasteiger partial charge is 0.416 e. The molecule has 0 unspecified atom stereocenters. The minimum Gasteiger partial charge on any atom is -0.393 e. The van der Waals surface area contributed by atoms with Crippen LogP contribution < -0.4 is 10.5 Å². The van der Waals surface area contributed by atoms with Crippen LogP contribution in [0.25, 0.3) is 11.0 Å². The van der Waals surface area contributed by atoms with Crippen molar-refractivity contribution >= 4 is 27.2 Å². The van der Waals surface area contributed by atoms with Gasteiger partial charge in [-0.2, -0.15) is 21.6 Å². The molecule has 2 heterocycles. The number of hydrogen-bond acceptors (Lipinski definition) is 7. The van der Waals surface area contributed by atoms with Gasteiger partial charge in [0.05, 0.1) is 23.7 Å². The number of hydrogen-bond donors (Lipinski definition) is 3. The Morgan fingerprint density at radius 3 is 2.58 bits per heavy atom. The van der Waals surface area contributed by atoms with Crippen LogP contribution >= 0.6 is 0 Å². The van der Waals surface area contributed by atoms with E-state index < -0.39 is 34.1 Å². The van der Waals surface area contributed by atoms with E-state index in [0.717, 1.165) is 12.1 Å². The lowest BCUT2D eigenvalue weighted by molar-refractivity contribution is -0.137. The van der Waals surface area contributed by atoms with Crippen LogP contribution in [0.2, 0.25) is 0 Å². The Kier molecular flexibility index (Phi) is 6.31. The summed E-state index contributed by atoms with van der Waals surface area (Å²) in [5.74, 6) is 0.121. The van der Waals surface area contributed by atoms with Crippen molar-refractivity contribution in [1.29, 1.82) is 0 Å². The van der Waals surface area contributed by atoms with Crippen molar-refractivity contribution in [2.45, 2.75) is 37.7 Å². The third-order valence-corrected chi connectivity index (χ3v) is 6.19. The average molecular weight is 485 g/mol. The quantitative estimate of drug-likeness (QED) is 0.469. The zero-order valence-electron chi connectivity index (χ0n) is 17.2. The van der Waals surface area contributed by atoms with Gasteiger partial charge in [-0.05, 0) is 36.6 Å². The predicted molar refractivity (Wildman–Crippen MR) is 113 cm³/mol. The Bertz CT molecular complexity index is 1230. The van der Waals surface area contributed by atoms with E-state index in [2.05, 4.69) is 19.5 Å². The average Bonchev–Trinajstić information content (AvgIpc) is 3.33. The maximum atomic E-state index is 12.7. The highest BCUT2D eigenvalue weighted by Crippen LogP contribution is 2.37. The molecular formula is C20H22F3N5O4S. The number of nitrogens with one attached hydrogen (secondary N) is 1. The summed E-state index contributed by atoms with van der Waals surface area (Å²) in [6.45, 7) is 0.0647. The number of nitrogens with two attached hydrogens (primary N) is 1. The molecule has 9 nitrogen and oxygen atoms in total. The molecule has 2 aromatic heterocycles. The van der Waals surface area contributed by atoms with Gasteiger partial charge in [0.1, 0.15) is 17.8 Å². The van der Waals surface area contributed by atoms with Gasteiger partial charge in [-0.15, -0.1) is 0 Å². The highest BCUT2D eigenvalue weighted by molar-refractivity contribution is 7.84. The fraction of sp³-hybridized carbons (Fsp3) is 0.400. The van der Waals surface area contributed by atoms with E-state index in [4.69, 9.17) is 5.14 Å². The molecule has 33 heavy (non-hydrogen) atoms. The topological polar surface area (TPSA) is 132 Å². The number of aromatic nitrogens is 3. The van der Waals surface area contributed by atoms with Crippen LogP contribution in [0.15, 0.2) is 42.9 Å². The van der Waals surface area contributed by atoms with E-state index in [1.807, 2.05) is 16.8 Å². The molecular weight excluding hydrogens is 463 g/mol. The van der Waals surface area contributed by atoms with Crippen molar-refractivity contribution in [2.24, 2.45) is 11.1 Å². The first-order chi connectivity index (χ1) is 15.5. The zero-order valence-corrected chi connectivity index (χ0v) is 18.1. The summed E-state index contributed by atoms with van der Waals surface area (Å²) in [7, 11) is -4.09. The normalized spacial score (nSPS) is 21.5. The van der Waals surface area contributed by atoms with Crippen molar-refractivity contribution in [3.8, 4) is 0 Å². The molecule has 0 radical (unpaired) electrons. The fourth-order valence-electron chi connectivity index (χ4n) is 4.07. The highest BCUT2D eigenvalue weighted by atomic mass is 32.2. The molecule has 0 bridgehead atoms. The lowest BCUT2D eigenvalue weighted by Crippen LogP contribution is -2.24. The molecule has 1 aliphatic rings. The molecule has 0 spiro atoms. The molecule has 3 aromatic rings. The molecule has 1 fully saturated rings. The molecule has 178 valence electrons. The van der Waals surface area contributed by atoms with Crippen molar-refractivity contribution < 1.29 is 30.9 Å². The maximum absolute atomic E-state index is 12.7. The molecule has 0 saturated heterocycles. The summed E-state index contributed by atoms with van der Waals surface area (Å²) in [4.78, 5) is 8.57. The summed E-state index contributed by atoms with van der Waals surface area (Å²) in [6.07, 6.45) is -1.09. The van der Waals surface area contributed by atoms with Crippen LogP contribution in [0.4, 0.5) is 19.0 Å². The second-order valence-electron chi connectivity index (χ2n) is 7.96. The van der Waals surface area contributed by atoms with Gasteiger partial charge >= 0.3 is 16.5 Å². The number of anilines is 1. The van der Waals surface area contributed by atoms with E-state index in [9.17, 15) is 26.7 Å². The summed E-state index contributed by atoms with van der Waals surface area (Å²) < 4.78 is 66.8. The number of aliphatic hydroxyl groups excluding tert-OH is 1. The fourth-order valence-corrected chi connectivity index (χ4v) is 4.43. The Morgan fingerprint density at radius 1 is 1.18 bits per heavy atom. The standard InChI is InChI=1S/C20H22F3N5O4S/c21-20(22,23)14-3-1-12(2-4-14)9-25-18-16-5-6-28(19(16)27-11-26-18)15-7-13(17(29)8-15)10-32-33(24,30)31/h1-6,11,13,15,17,29H,7-10H2,(H2,24,30,31)(H,25,26,27)/t13-,15+,17-/m0/s1.